The van der Waals surface area contributed by atoms with Crippen molar-refractivity contribution >= 4 is 23.0 Å². The van der Waals surface area contributed by atoms with Crippen molar-refractivity contribution in [2.45, 2.75) is 37.5 Å². The van der Waals surface area contributed by atoms with Crippen LogP contribution in [0.15, 0.2) is 47.1 Å². The van der Waals surface area contributed by atoms with E-state index in [-0.39, 0.29) is 5.92 Å². The topological polar surface area (TPSA) is 76.9 Å². The third kappa shape index (κ3) is 5.58. The SMILES string of the molecule is O=C(COc1ncccc1C(F)(F)F)N1CCC(c2csc(C3=NOC(c4[c]cccc4F)C3)n2)CC1. The van der Waals surface area contributed by atoms with E-state index in [0.29, 0.717) is 48.6 Å². The van der Waals surface area contributed by atoms with E-state index in [1.165, 1.54) is 29.7 Å². The Balaban J connectivity index is 1.13. The van der Waals surface area contributed by atoms with E-state index < -0.39 is 42.1 Å². The van der Waals surface area contributed by atoms with Gasteiger partial charge >= 0.3 is 6.18 Å². The lowest BCUT2D eigenvalue weighted by Crippen LogP contribution is -2.40. The van der Waals surface area contributed by atoms with Gasteiger partial charge in [-0.25, -0.2) is 14.4 Å². The number of thiazole rings is 1. The van der Waals surface area contributed by atoms with E-state index in [1.807, 2.05) is 5.38 Å². The van der Waals surface area contributed by atoms with Gasteiger partial charge in [-0.1, -0.05) is 17.3 Å². The molecule has 5 rings (SSSR count). The van der Waals surface area contributed by atoms with Crippen LogP contribution >= 0.6 is 11.3 Å². The van der Waals surface area contributed by atoms with Gasteiger partial charge in [-0.2, -0.15) is 13.2 Å². The number of alkyl halides is 3. The number of pyridine rings is 1. The van der Waals surface area contributed by atoms with Crippen LogP contribution in [0.3, 0.4) is 0 Å². The van der Waals surface area contributed by atoms with Crippen LogP contribution in [0.5, 0.6) is 5.88 Å². The predicted molar refractivity (Wildman–Crippen MR) is 126 cm³/mol. The minimum atomic E-state index is -4.62. The van der Waals surface area contributed by atoms with Gasteiger partial charge in [-0.05, 0) is 37.1 Å². The summed E-state index contributed by atoms with van der Waals surface area (Å²) in [7, 11) is 0. The van der Waals surface area contributed by atoms with Crippen LogP contribution in [0.2, 0.25) is 0 Å². The van der Waals surface area contributed by atoms with Crippen molar-refractivity contribution in [2.24, 2.45) is 5.16 Å². The summed E-state index contributed by atoms with van der Waals surface area (Å²) in [4.78, 5) is 27.9. The number of ether oxygens (including phenoxy) is 1. The van der Waals surface area contributed by atoms with Gasteiger partial charge in [0.2, 0.25) is 5.88 Å². The molecule has 4 heterocycles. The molecule has 1 radical (unpaired) electrons. The molecule has 3 aromatic rings. The third-order valence-electron chi connectivity index (χ3n) is 6.27. The van der Waals surface area contributed by atoms with Crippen LogP contribution in [0.25, 0.3) is 0 Å². The van der Waals surface area contributed by atoms with Crippen molar-refractivity contribution in [3.63, 3.8) is 0 Å². The molecule has 2 aromatic heterocycles. The molecule has 12 heteroatoms. The van der Waals surface area contributed by atoms with Gasteiger partial charge in [0.15, 0.2) is 12.7 Å². The number of halogens is 4. The van der Waals surface area contributed by atoms with Crippen molar-refractivity contribution in [1.29, 1.82) is 0 Å². The van der Waals surface area contributed by atoms with Gasteiger partial charge in [-0.15, -0.1) is 11.3 Å². The van der Waals surface area contributed by atoms with Crippen LogP contribution in [-0.4, -0.2) is 46.2 Å². The summed E-state index contributed by atoms with van der Waals surface area (Å²) >= 11 is 1.43. The number of hydrogen-bond donors (Lipinski definition) is 0. The summed E-state index contributed by atoms with van der Waals surface area (Å²) in [6, 6.07) is 9.45. The minimum absolute atomic E-state index is 0.126. The van der Waals surface area contributed by atoms with E-state index in [4.69, 9.17) is 14.6 Å². The highest BCUT2D eigenvalue weighted by Crippen LogP contribution is 2.36. The molecule has 1 fully saturated rings. The molecule has 193 valence electrons. The molecule has 7 nitrogen and oxygen atoms in total. The fraction of sp³-hybridized carbons (Fsp3) is 0.360. The Bertz CT molecular complexity index is 1300. The smallest absolute Gasteiger partial charge is 0.421 e. The van der Waals surface area contributed by atoms with Crippen molar-refractivity contribution in [3.05, 3.63) is 75.6 Å². The van der Waals surface area contributed by atoms with E-state index in [9.17, 15) is 22.4 Å². The van der Waals surface area contributed by atoms with Gasteiger partial charge in [0.05, 0.1) is 5.69 Å². The molecule has 0 N–H and O–H groups in total. The highest BCUT2D eigenvalue weighted by Gasteiger charge is 2.35. The molecule has 0 bridgehead atoms. The first-order valence-electron chi connectivity index (χ1n) is 11.6. The number of carbonyl (C=O) groups excluding carboxylic acids is 1. The van der Waals surface area contributed by atoms with Gasteiger partial charge in [0.25, 0.3) is 5.91 Å². The Hall–Kier alpha value is -3.54. The number of amides is 1. The van der Waals surface area contributed by atoms with Crippen LogP contribution in [0.1, 0.15) is 53.1 Å². The van der Waals surface area contributed by atoms with Crippen LogP contribution in [-0.2, 0) is 15.8 Å². The summed E-state index contributed by atoms with van der Waals surface area (Å²) in [5.74, 6) is -1.27. The second-order valence-electron chi connectivity index (χ2n) is 8.64. The first-order chi connectivity index (χ1) is 17.8. The molecule has 1 saturated heterocycles. The minimum Gasteiger partial charge on any atom is -0.467 e. The average Bonchev–Trinajstić information content (AvgIpc) is 3.58. The fourth-order valence-corrected chi connectivity index (χ4v) is 5.20. The highest BCUT2D eigenvalue weighted by atomic mass is 32.1. The molecule has 0 aliphatic carbocycles. The number of piperidine rings is 1. The molecular formula is C25H21F4N4O3S. The maximum absolute atomic E-state index is 14.0. The monoisotopic (exact) mass is 533 g/mol. The van der Waals surface area contributed by atoms with Gasteiger partial charge in [0.1, 0.15) is 22.1 Å². The van der Waals surface area contributed by atoms with E-state index in [0.717, 1.165) is 11.8 Å². The molecule has 1 aromatic carbocycles. The molecule has 0 spiro atoms. The number of hydrogen-bond acceptors (Lipinski definition) is 7. The van der Waals surface area contributed by atoms with E-state index >= 15 is 0 Å². The Morgan fingerprint density at radius 1 is 1.24 bits per heavy atom. The number of carbonyl (C=O) groups is 1. The predicted octanol–water partition coefficient (Wildman–Crippen LogP) is 5.15. The van der Waals surface area contributed by atoms with Gasteiger partial charge < -0.3 is 14.5 Å². The summed E-state index contributed by atoms with van der Waals surface area (Å²) < 4.78 is 58.4. The third-order valence-corrected chi connectivity index (χ3v) is 7.18. The lowest BCUT2D eigenvalue weighted by atomic mass is 9.94. The molecule has 1 amide bonds. The van der Waals surface area contributed by atoms with Gasteiger partial charge in [0, 0.05) is 42.6 Å². The van der Waals surface area contributed by atoms with Crippen molar-refractivity contribution in [1.82, 2.24) is 14.9 Å². The number of likely N-dealkylation sites (tertiary alicyclic amines) is 1. The number of oxime groups is 1. The van der Waals surface area contributed by atoms with Crippen LogP contribution in [0, 0.1) is 11.9 Å². The van der Waals surface area contributed by atoms with Crippen molar-refractivity contribution < 1.29 is 31.9 Å². The summed E-state index contributed by atoms with van der Waals surface area (Å²) in [6.45, 7) is 0.346. The molecule has 2 aliphatic rings. The molecule has 37 heavy (non-hydrogen) atoms. The first-order valence-corrected chi connectivity index (χ1v) is 12.4. The zero-order chi connectivity index (χ0) is 26.0. The molecule has 1 atom stereocenters. The maximum Gasteiger partial charge on any atom is 0.421 e. The largest absolute Gasteiger partial charge is 0.467 e. The summed E-state index contributed by atoms with van der Waals surface area (Å²) in [5, 5.41) is 6.76. The second kappa shape index (κ2) is 10.4. The van der Waals surface area contributed by atoms with Crippen molar-refractivity contribution in [3.8, 4) is 5.88 Å². The number of aromatic nitrogens is 2. The fourth-order valence-electron chi connectivity index (χ4n) is 4.31. The first kappa shape index (κ1) is 25.1. The Morgan fingerprint density at radius 2 is 2.05 bits per heavy atom. The van der Waals surface area contributed by atoms with E-state index in [1.54, 1.807) is 17.0 Å². The summed E-state index contributed by atoms with van der Waals surface area (Å²) in [6.07, 6.45) is -2.28. The lowest BCUT2D eigenvalue weighted by Gasteiger charge is -2.31. The quantitative estimate of drug-likeness (QED) is 0.410. The Labute approximate surface area is 213 Å². The number of benzene rings is 1. The Kier molecular flexibility index (Phi) is 7.09. The second-order valence-corrected chi connectivity index (χ2v) is 9.50. The highest BCUT2D eigenvalue weighted by molar-refractivity contribution is 7.11. The molecule has 1 unspecified atom stereocenters. The van der Waals surface area contributed by atoms with Crippen LogP contribution < -0.4 is 4.74 Å². The Morgan fingerprint density at radius 3 is 2.81 bits per heavy atom. The van der Waals surface area contributed by atoms with Gasteiger partial charge in [-0.3, -0.25) is 4.79 Å². The summed E-state index contributed by atoms with van der Waals surface area (Å²) in [5.41, 5.74) is 0.846. The van der Waals surface area contributed by atoms with E-state index in [2.05, 4.69) is 16.2 Å². The van der Waals surface area contributed by atoms with Crippen LogP contribution in [0.4, 0.5) is 17.6 Å². The zero-order valence-corrected chi connectivity index (χ0v) is 20.2. The molecule has 0 saturated carbocycles. The zero-order valence-electron chi connectivity index (χ0n) is 19.4. The molecule has 2 aliphatic heterocycles. The maximum atomic E-state index is 14.0. The standard InChI is InChI=1S/C25H21F4N4O3S/c26-18-6-2-1-4-16(18)21-12-19(32-36-21)24-31-20(14-37-24)15-7-10-33(11-8-15)22(34)13-35-23-17(25(27,28)29)5-3-9-30-23/h1-3,5-6,9,14-15,21H,7-8,10-13H2. The molecular weight excluding hydrogens is 512 g/mol. The van der Waals surface area contributed by atoms with Crippen molar-refractivity contribution in [2.75, 3.05) is 19.7 Å². The normalized spacial score (nSPS) is 18.4. The lowest BCUT2D eigenvalue weighted by molar-refractivity contribution is -0.141. The number of rotatable bonds is 6. The average molecular weight is 534 g/mol. The number of nitrogens with zero attached hydrogens (tertiary/aromatic N) is 4.